The van der Waals surface area contributed by atoms with Crippen LogP contribution in [0.15, 0.2) is 24.4 Å². The second kappa shape index (κ2) is 6.19. The molecular weight excluding hydrogens is 286 g/mol. The quantitative estimate of drug-likeness (QED) is 0.867. The summed E-state index contributed by atoms with van der Waals surface area (Å²) in [6.07, 6.45) is 5.23. The van der Waals surface area contributed by atoms with E-state index in [1.807, 2.05) is 13.2 Å². The largest absolute Gasteiger partial charge is 0.334 e. The number of aromatic nitrogens is 2. The molecule has 1 unspecified atom stereocenters. The maximum absolute atomic E-state index is 12.8. The summed E-state index contributed by atoms with van der Waals surface area (Å²) in [6, 6.07) is 6.42. The lowest BCUT2D eigenvalue weighted by Gasteiger charge is -2.26. The smallest absolute Gasteiger partial charge is 0.274 e. The molecule has 0 N–H and O–H groups in total. The van der Waals surface area contributed by atoms with E-state index in [-0.39, 0.29) is 11.9 Å². The van der Waals surface area contributed by atoms with Crippen molar-refractivity contribution in [2.75, 3.05) is 7.05 Å². The van der Waals surface area contributed by atoms with E-state index in [1.54, 1.807) is 4.90 Å². The molecule has 1 aromatic carbocycles. The van der Waals surface area contributed by atoms with Gasteiger partial charge in [0.2, 0.25) is 0 Å². The van der Waals surface area contributed by atoms with Gasteiger partial charge in [-0.15, -0.1) is 0 Å². The van der Waals surface area contributed by atoms with Gasteiger partial charge in [-0.3, -0.25) is 4.79 Å². The number of carbonyl (C=O) groups excluding carboxylic acids is 1. The molecule has 1 aliphatic heterocycles. The Hall–Kier alpha value is -2.10. The normalized spacial score (nSPS) is 15.1. The summed E-state index contributed by atoms with van der Waals surface area (Å²) in [4.78, 5) is 19.2. The molecule has 23 heavy (non-hydrogen) atoms. The van der Waals surface area contributed by atoms with Crippen LogP contribution >= 0.6 is 0 Å². The van der Waals surface area contributed by atoms with Gasteiger partial charge in [0.1, 0.15) is 11.5 Å². The number of carbonyl (C=O) groups is 1. The molecule has 4 heteroatoms. The molecule has 0 bridgehead atoms. The summed E-state index contributed by atoms with van der Waals surface area (Å²) in [6.45, 7) is 7.25. The molecular formula is C19H25N3O. The number of aryl methyl sites for hydroxylation is 4. The first-order valence-electron chi connectivity index (χ1n) is 8.37. The summed E-state index contributed by atoms with van der Waals surface area (Å²) in [5, 5.41) is 0. The zero-order chi connectivity index (χ0) is 16.6. The van der Waals surface area contributed by atoms with E-state index < -0.39 is 0 Å². The summed E-state index contributed by atoms with van der Waals surface area (Å²) in [5.74, 6) is 1.05. The molecule has 1 amide bonds. The van der Waals surface area contributed by atoms with Gasteiger partial charge in [-0.05, 0) is 44.7 Å². The Kier molecular flexibility index (Phi) is 4.24. The monoisotopic (exact) mass is 311 g/mol. The van der Waals surface area contributed by atoms with Gasteiger partial charge in [0.05, 0.1) is 6.04 Å². The van der Waals surface area contributed by atoms with E-state index >= 15 is 0 Å². The van der Waals surface area contributed by atoms with Crippen LogP contribution < -0.4 is 0 Å². The molecule has 1 aliphatic rings. The Morgan fingerprint density at radius 1 is 1.30 bits per heavy atom. The van der Waals surface area contributed by atoms with Crippen LogP contribution in [0.25, 0.3) is 0 Å². The predicted molar refractivity (Wildman–Crippen MR) is 91.6 cm³/mol. The van der Waals surface area contributed by atoms with E-state index in [0.29, 0.717) is 5.69 Å². The predicted octanol–water partition coefficient (Wildman–Crippen LogP) is 3.67. The van der Waals surface area contributed by atoms with Gasteiger partial charge in [0.15, 0.2) is 0 Å². The second-order valence-electron chi connectivity index (χ2n) is 6.64. The number of nitrogens with zero attached hydrogens (tertiary/aromatic N) is 3. The standard InChI is InChI=1S/C19H25N3O/c1-13-8-9-16(14(2)11-13)15(3)21(4)19(23)17-12-22-10-6-5-7-18(22)20-17/h8-9,11-12,15H,5-7,10H2,1-4H3. The Morgan fingerprint density at radius 3 is 2.78 bits per heavy atom. The van der Waals surface area contributed by atoms with E-state index in [2.05, 4.69) is 48.5 Å². The molecule has 1 atom stereocenters. The molecule has 0 aliphatic carbocycles. The van der Waals surface area contributed by atoms with Crippen LogP contribution in [-0.4, -0.2) is 27.4 Å². The van der Waals surface area contributed by atoms with Crippen molar-refractivity contribution >= 4 is 5.91 Å². The summed E-state index contributed by atoms with van der Waals surface area (Å²) in [7, 11) is 1.87. The molecule has 0 fully saturated rings. The Balaban J connectivity index is 1.82. The van der Waals surface area contributed by atoms with Gasteiger partial charge in [-0.25, -0.2) is 4.98 Å². The highest BCUT2D eigenvalue weighted by molar-refractivity contribution is 5.92. The third kappa shape index (κ3) is 3.03. The van der Waals surface area contributed by atoms with Crippen molar-refractivity contribution in [2.24, 2.45) is 0 Å². The van der Waals surface area contributed by atoms with E-state index in [9.17, 15) is 4.79 Å². The van der Waals surface area contributed by atoms with Crippen LogP contribution in [0.4, 0.5) is 0 Å². The highest BCUT2D eigenvalue weighted by Crippen LogP contribution is 2.25. The first-order chi connectivity index (χ1) is 11.0. The van der Waals surface area contributed by atoms with Gasteiger partial charge in [-0.1, -0.05) is 23.8 Å². The van der Waals surface area contributed by atoms with Crippen LogP contribution in [0, 0.1) is 13.8 Å². The third-order valence-electron chi connectivity index (χ3n) is 4.90. The number of benzene rings is 1. The second-order valence-corrected chi connectivity index (χ2v) is 6.64. The van der Waals surface area contributed by atoms with Gasteiger partial charge in [-0.2, -0.15) is 0 Å². The molecule has 2 heterocycles. The zero-order valence-electron chi connectivity index (χ0n) is 14.5. The minimum absolute atomic E-state index is 0.000579. The van der Waals surface area contributed by atoms with Crippen molar-refractivity contribution in [3.63, 3.8) is 0 Å². The molecule has 0 radical (unpaired) electrons. The van der Waals surface area contributed by atoms with E-state index in [1.165, 1.54) is 29.5 Å². The fourth-order valence-electron chi connectivity index (χ4n) is 3.38. The lowest BCUT2D eigenvalue weighted by atomic mass is 9.99. The van der Waals surface area contributed by atoms with Crippen LogP contribution in [0.2, 0.25) is 0 Å². The topological polar surface area (TPSA) is 38.1 Å². The van der Waals surface area contributed by atoms with Crippen LogP contribution in [-0.2, 0) is 13.0 Å². The van der Waals surface area contributed by atoms with Crippen LogP contribution in [0.5, 0.6) is 0 Å². The van der Waals surface area contributed by atoms with Crippen molar-refractivity contribution in [2.45, 2.75) is 52.6 Å². The molecule has 1 aromatic heterocycles. The van der Waals surface area contributed by atoms with Crippen molar-refractivity contribution < 1.29 is 4.79 Å². The Bertz CT molecular complexity index is 709. The lowest BCUT2D eigenvalue weighted by Crippen LogP contribution is -2.30. The molecule has 0 saturated carbocycles. The Labute approximate surface area is 138 Å². The number of hydrogen-bond donors (Lipinski definition) is 0. The lowest BCUT2D eigenvalue weighted by molar-refractivity contribution is 0.0736. The van der Waals surface area contributed by atoms with E-state index in [0.717, 1.165) is 18.8 Å². The van der Waals surface area contributed by atoms with Crippen LogP contribution in [0.3, 0.4) is 0 Å². The first-order valence-corrected chi connectivity index (χ1v) is 8.37. The molecule has 4 nitrogen and oxygen atoms in total. The molecule has 0 saturated heterocycles. The van der Waals surface area contributed by atoms with Gasteiger partial charge < -0.3 is 9.47 Å². The summed E-state index contributed by atoms with van der Waals surface area (Å²) < 4.78 is 2.13. The molecule has 3 rings (SSSR count). The van der Waals surface area contributed by atoms with Crippen molar-refractivity contribution in [1.82, 2.24) is 14.5 Å². The van der Waals surface area contributed by atoms with Gasteiger partial charge in [0, 0.05) is 26.2 Å². The highest BCUT2D eigenvalue weighted by atomic mass is 16.2. The zero-order valence-corrected chi connectivity index (χ0v) is 14.5. The van der Waals surface area contributed by atoms with Gasteiger partial charge in [0.25, 0.3) is 5.91 Å². The number of rotatable bonds is 3. The van der Waals surface area contributed by atoms with Crippen molar-refractivity contribution in [3.8, 4) is 0 Å². The minimum Gasteiger partial charge on any atom is -0.334 e. The van der Waals surface area contributed by atoms with Crippen molar-refractivity contribution in [1.29, 1.82) is 0 Å². The number of fused-ring (bicyclic) bond motifs is 1. The molecule has 0 spiro atoms. The SMILES string of the molecule is Cc1ccc(C(C)N(C)C(=O)c2cn3c(n2)CCCC3)c(C)c1. The first kappa shape index (κ1) is 15.8. The van der Waals surface area contributed by atoms with Crippen LogP contribution in [0.1, 0.15) is 58.8 Å². The fraction of sp³-hybridized carbons (Fsp3) is 0.474. The number of hydrogen-bond acceptors (Lipinski definition) is 2. The molecule has 2 aromatic rings. The Morgan fingerprint density at radius 2 is 2.09 bits per heavy atom. The third-order valence-corrected chi connectivity index (χ3v) is 4.90. The van der Waals surface area contributed by atoms with E-state index in [4.69, 9.17) is 0 Å². The average Bonchev–Trinajstić information content (AvgIpc) is 2.97. The number of imidazole rings is 1. The molecule has 122 valence electrons. The van der Waals surface area contributed by atoms with Crippen molar-refractivity contribution in [3.05, 3.63) is 52.6 Å². The maximum atomic E-state index is 12.8. The highest BCUT2D eigenvalue weighted by Gasteiger charge is 2.24. The van der Waals surface area contributed by atoms with Gasteiger partial charge >= 0.3 is 0 Å². The summed E-state index contributed by atoms with van der Waals surface area (Å²) in [5.41, 5.74) is 4.23. The number of amides is 1. The fourth-order valence-corrected chi connectivity index (χ4v) is 3.38. The summed E-state index contributed by atoms with van der Waals surface area (Å²) >= 11 is 0. The average molecular weight is 311 g/mol. The minimum atomic E-state index is -0.000579. The maximum Gasteiger partial charge on any atom is 0.274 e.